The molecule has 0 aliphatic rings. The molecule has 0 amide bonds. The third kappa shape index (κ3) is 3.47. The minimum atomic E-state index is 0.501. The second kappa shape index (κ2) is 6.65. The Morgan fingerprint density at radius 2 is 2.00 bits per heavy atom. The van der Waals surface area contributed by atoms with Crippen molar-refractivity contribution < 1.29 is 4.74 Å². The van der Waals surface area contributed by atoms with E-state index in [1.54, 1.807) is 7.11 Å². The third-order valence-electron chi connectivity index (χ3n) is 3.33. The van der Waals surface area contributed by atoms with Crippen LogP contribution in [0.1, 0.15) is 37.8 Å². The van der Waals surface area contributed by atoms with E-state index in [9.17, 15) is 0 Å². The van der Waals surface area contributed by atoms with Crippen LogP contribution in [0.5, 0.6) is 5.75 Å². The highest BCUT2D eigenvalue weighted by atomic mass is 16.5. The molecule has 0 saturated heterocycles. The van der Waals surface area contributed by atoms with Crippen LogP contribution in [0, 0.1) is 5.92 Å². The molecule has 0 bridgehead atoms. The maximum atomic E-state index is 5.49. The fourth-order valence-corrected chi connectivity index (χ4v) is 2.22. The minimum absolute atomic E-state index is 0.501. The summed E-state index contributed by atoms with van der Waals surface area (Å²) in [5.41, 5.74) is 2.71. The summed E-state index contributed by atoms with van der Waals surface area (Å²) in [6.45, 7) is 7.70. The van der Waals surface area contributed by atoms with Crippen molar-refractivity contribution in [3.05, 3.63) is 29.3 Å². The zero-order valence-electron chi connectivity index (χ0n) is 11.7. The van der Waals surface area contributed by atoms with Gasteiger partial charge in [0, 0.05) is 12.5 Å². The first-order chi connectivity index (χ1) is 8.13. The number of hydrogen-bond acceptors (Lipinski definition) is 2. The molecular weight excluding hydrogens is 210 g/mol. The number of ether oxygens (including phenoxy) is 1. The zero-order chi connectivity index (χ0) is 12.8. The van der Waals surface area contributed by atoms with Gasteiger partial charge in [0.05, 0.1) is 7.11 Å². The molecule has 96 valence electrons. The standard InChI is InChI=1S/C15H25NO/c1-6-12-7-8-15(17-5)13(9-12)14(10-16-4)11(2)3/h7-9,11,14,16H,6,10H2,1-5H3. The van der Waals surface area contributed by atoms with E-state index in [2.05, 4.69) is 44.3 Å². The van der Waals surface area contributed by atoms with Gasteiger partial charge in [-0.1, -0.05) is 32.9 Å². The van der Waals surface area contributed by atoms with E-state index in [1.165, 1.54) is 11.1 Å². The normalized spacial score (nSPS) is 12.8. The van der Waals surface area contributed by atoms with Gasteiger partial charge >= 0.3 is 0 Å². The van der Waals surface area contributed by atoms with Crippen LogP contribution in [0.25, 0.3) is 0 Å². The Hall–Kier alpha value is -1.02. The summed E-state index contributed by atoms with van der Waals surface area (Å²) in [4.78, 5) is 0. The van der Waals surface area contributed by atoms with E-state index in [0.29, 0.717) is 11.8 Å². The molecule has 1 atom stereocenters. The Bertz CT molecular complexity index is 347. The Morgan fingerprint density at radius 3 is 2.47 bits per heavy atom. The van der Waals surface area contributed by atoms with Crippen molar-refractivity contribution in [3.8, 4) is 5.75 Å². The predicted molar refractivity (Wildman–Crippen MR) is 73.9 cm³/mol. The van der Waals surface area contributed by atoms with E-state index in [0.717, 1.165) is 18.7 Å². The predicted octanol–water partition coefficient (Wildman–Crippen LogP) is 3.22. The van der Waals surface area contributed by atoms with E-state index in [1.807, 2.05) is 7.05 Å². The summed E-state index contributed by atoms with van der Waals surface area (Å²) in [5, 5.41) is 3.28. The molecule has 0 aliphatic carbocycles. The molecule has 0 saturated carbocycles. The maximum absolute atomic E-state index is 5.49. The van der Waals surface area contributed by atoms with Gasteiger partial charge in [-0.3, -0.25) is 0 Å². The molecular formula is C15H25NO. The van der Waals surface area contributed by atoms with E-state index >= 15 is 0 Å². The number of methoxy groups -OCH3 is 1. The van der Waals surface area contributed by atoms with Crippen LogP contribution in [-0.4, -0.2) is 20.7 Å². The van der Waals surface area contributed by atoms with E-state index < -0.39 is 0 Å². The number of rotatable bonds is 6. The van der Waals surface area contributed by atoms with Crippen LogP contribution in [0.2, 0.25) is 0 Å². The highest BCUT2D eigenvalue weighted by molar-refractivity contribution is 5.40. The maximum Gasteiger partial charge on any atom is 0.122 e. The summed E-state index contributed by atoms with van der Waals surface area (Å²) < 4.78 is 5.49. The number of nitrogens with one attached hydrogen (secondary N) is 1. The molecule has 0 aromatic heterocycles. The smallest absolute Gasteiger partial charge is 0.122 e. The molecule has 0 fully saturated rings. The largest absolute Gasteiger partial charge is 0.496 e. The lowest BCUT2D eigenvalue weighted by atomic mass is 9.86. The SMILES string of the molecule is CCc1ccc(OC)c(C(CNC)C(C)C)c1. The second-order valence-electron chi connectivity index (χ2n) is 4.84. The monoisotopic (exact) mass is 235 g/mol. The lowest BCUT2D eigenvalue weighted by molar-refractivity contribution is 0.391. The molecule has 0 heterocycles. The van der Waals surface area contributed by atoms with Crippen LogP contribution < -0.4 is 10.1 Å². The van der Waals surface area contributed by atoms with Crippen LogP contribution in [0.3, 0.4) is 0 Å². The van der Waals surface area contributed by atoms with Crippen LogP contribution in [0.4, 0.5) is 0 Å². The summed E-state index contributed by atoms with van der Waals surface area (Å²) in [5.74, 6) is 2.11. The van der Waals surface area contributed by atoms with Crippen molar-refractivity contribution in [2.75, 3.05) is 20.7 Å². The second-order valence-corrected chi connectivity index (χ2v) is 4.84. The molecule has 0 spiro atoms. The van der Waals surface area contributed by atoms with Crippen molar-refractivity contribution in [3.63, 3.8) is 0 Å². The molecule has 1 unspecified atom stereocenters. The number of likely N-dealkylation sites (N-methyl/N-ethyl adjacent to an activating group) is 1. The molecule has 0 aliphatic heterocycles. The van der Waals surface area contributed by atoms with Gasteiger partial charge in [-0.15, -0.1) is 0 Å². The quantitative estimate of drug-likeness (QED) is 0.817. The summed E-state index contributed by atoms with van der Waals surface area (Å²) >= 11 is 0. The van der Waals surface area contributed by atoms with Crippen molar-refractivity contribution in [1.29, 1.82) is 0 Å². The van der Waals surface area contributed by atoms with E-state index in [4.69, 9.17) is 4.74 Å². The molecule has 1 N–H and O–H groups in total. The van der Waals surface area contributed by atoms with Crippen molar-refractivity contribution in [2.24, 2.45) is 5.92 Å². The topological polar surface area (TPSA) is 21.3 Å². The molecule has 1 aromatic carbocycles. The lowest BCUT2D eigenvalue weighted by Gasteiger charge is -2.23. The Balaban J connectivity index is 3.13. The highest BCUT2D eigenvalue weighted by Gasteiger charge is 2.19. The van der Waals surface area contributed by atoms with Gasteiger partial charge in [-0.25, -0.2) is 0 Å². The first-order valence-electron chi connectivity index (χ1n) is 6.45. The van der Waals surface area contributed by atoms with Crippen LogP contribution in [-0.2, 0) is 6.42 Å². The molecule has 1 rings (SSSR count). The number of aryl methyl sites for hydroxylation is 1. The van der Waals surface area contributed by atoms with Crippen molar-refractivity contribution >= 4 is 0 Å². The molecule has 1 aromatic rings. The first kappa shape index (κ1) is 14.0. The average molecular weight is 235 g/mol. The van der Waals surface area contributed by atoms with Crippen LogP contribution in [0.15, 0.2) is 18.2 Å². The van der Waals surface area contributed by atoms with Gasteiger partial charge < -0.3 is 10.1 Å². The average Bonchev–Trinajstić information content (AvgIpc) is 2.34. The summed E-state index contributed by atoms with van der Waals surface area (Å²) in [6, 6.07) is 6.54. The Kier molecular flexibility index (Phi) is 5.49. The molecule has 17 heavy (non-hydrogen) atoms. The lowest BCUT2D eigenvalue weighted by Crippen LogP contribution is -2.22. The van der Waals surface area contributed by atoms with Gasteiger partial charge in [-0.2, -0.15) is 0 Å². The van der Waals surface area contributed by atoms with Crippen molar-refractivity contribution in [1.82, 2.24) is 5.32 Å². The Labute approximate surface area is 105 Å². The molecule has 2 nitrogen and oxygen atoms in total. The third-order valence-corrected chi connectivity index (χ3v) is 3.33. The fourth-order valence-electron chi connectivity index (χ4n) is 2.22. The van der Waals surface area contributed by atoms with Gasteiger partial charge in [-0.05, 0) is 36.6 Å². The van der Waals surface area contributed by atoms with Gasteiger partial charge in [0.1, 0.15) is 5.75 Å². The first-order valence-corrected chi connectivity index (χ1v) is 6.45. The van der Waals surface area contributed by atoms with Gasteiger partial charge in [0.15, 0.2) is 0 Å². The van der Waals surface area contributed by atoms with Gasteiger partial charge in [0.25, 0.3) is 0 Å². The van der Waals surface area contributed by atoms with Crippen LogP contribution >= 0.6 is 0 Å². The van der Waals surface area contributed by atoms with E-state index in [-0.39, 0.29) is 0 Å². The molecule has 0 radical (unpaired) electrons. The van der Waals surface area contributed by atoms with Gasteiger partial charge in [0.2, 0.25) is 0 Å². The summed E-state index contributed by atoms with van der Waals surface area (Å²) in [7, 11) is 3.76. The highest BCUT2D eigenvalue weighted by Crippen LogP contribution is 2.32. The minimum Gasteiger partial charge on any atom is -0.496 e. The number of benzene rings is 1. The Morgan fingerprint density at radius 1 is 1.29 bits per heavy atom. The number of hydrogen-bond donors (Lipinski definition) is 1. The molecule has 2 heteroatoms. The summed E-state index contributed by atoms with van der Waals surface area (Å²) in [6.07, 6.45) is 1.07. The fraction of sp³-hybridized carbons (Fsp3) is 0.600. The van der Waals surface area contributed by atoms with Crippen molar-refractivity contribution in [2.45, 2.75) is 33.1 Å². The zero-order valence-corrected chi connectivity index (χ0v) is 11.7.